The lowest BCUT2D eigenvalue weighted by Gasteiger charge is -2.31. The number of aromatic nitrogens is 3. The molecule has 1 N–H and O–H groups in total. The molecule has 28 heavy (non-hydrogen) atoms. The van der Waals surface area contributed by atoms with Crippen LogP contribution in [0.3, 0.4) is 0 Å². The topological polar surface area (TPSA) is 88.3 Å². The summed E-state index contributed by atoms with van der Waals surface area (Å²) in [5.41, 5.74) is 0.772. The van der Waals surface area contributed by atoms with Crippen molar-refractivity contribution >= 4 is 22.9 Å². The van der Waals surface area contributed by atoms with Crippen LogP contribution in [-0.4, -0.2) is 55.4 Å². The lowest BCUT2D eigenvalue weighted by molar-refractivity contribution is -0.0494. The SMILES string of the molecule is O=C(O)c1cccnc1-n1ccc2cc(C(=O)N3CCC(F)(F)CC3)cnc21. The Morgan fingerprint density at radius 3 is 2.61 bits per heavy atom. The Morgan fingerprint density at radius 1 is 1.14 bits per heavy atom. The standard InChI is InChI=1S/C19H16F2N4O3/c20-19(21)4-8-24(9-5-19)17(26)13-10-12-3-7-25(15(12)23-11-13)16-14(18(27)28)2-1-6-22-16/h1-3,6-7,10-11H,4-5,8-9H2,(H,27,28). The number of carbonyl (C=O) groups excluding carboxylic acids is 1. The van der Waals surface area contributed by atoms with Crippen molar-refractivity contribution in [3.8, 4) is 5.82 Å². The third-order valence-corrected chi connectivity index (χ3v) is 4.80. The van der Waals surface area contributed by atoms with Crippen LogP contribution >= 0.6 is 0 Å². The highest BCUT2D eigenvalue weighted by atomic mass is 19.3. The van der Waals surface area contributed by atoms with Gasteiger partial charge in [-0.25, -0.2) is 23.5 Å². The number of halogens is 2. The zero-order valence-electron chi connectivity index (χ0n) is 14.7. The van der Waals surface area contributed by atoms with Crippen LogP contribution in [0.2, 0.25) is 0 Å². The maximum absolute atomic E-state index is 13.3. The lowest BCUT2D eigenvalue weighted by Crippen LogP contribution is -2.42. The Bertz CT molecular complexity index is 1070. The third-order valence-electron chi connectivity index (χ3n) is 4.80. The number of carbonyl (C=O) groups is 2. The van der Waals surface area contributed by atoms with Crippen molar-refractivity contribution < 1.29 is 23.5 Å². The van der Waals surface area contributed by atoms with E-state index in [9.17, 15) is 23.5 Å². The molecule has 0 radical (unpaired) electrons. The summed E-state index contributed by atoms with van der Waals surface area (Å²) in [6, 6.07) is 6.30. The number of fused-ring (bicyclic) bond motifs is 1. The lowest BCUT2D eigenvalue weighted by atomic mass is 10.1. The molecule has 1 aliphatic heterocycles. The molecule has 0 aromatic carbocycles. The predicted molar refractivity (Wildman–Crippen MR) is 95.9 cm³/mol. The maximum Gasteiger partial charge on any atom is 0.339 e. The average molecular weight is 386 g/mol. The molecule has 1 amide bonds. The number of carboxylic acids is 1. The van der Waals surface area contributed by atoms with Crippen LogP contribution in [0, 0.1) is 0 Å². The minimum Gasteiger partial charge on any atom is -0.478 e. The van der Waals surface area contributed by atoms with E-state index in [-0.39, 0.29) is 43.2 Å². The minimum absolute atomic E-state index is 0.000783. The van der Waals surface area contributed by atoms with Crippen molar-refractivity contribution in [2.75, 3.05) is 13.1 Å². The van der Waals surface area contributed by atoms with Gasteiger partial charge in [-0.2, -0.15) is 0 Å². The Morgan fingerprint density at radius 2 is 1.89 bits per heavy atom. The van der Waals surface area contributed by atoms with Crippen LogP contribution in [0.4, 0.5) is 8.78 Å². The first-order chi connectivity index (χ1) is 13.4. The van der Waals surface area contributed by atoms with Crippen LogP contribution in [0.25, 0.3) is 16.9 Å². The van der Waals surface area contributed by atoms with Gasteiger partial charge in [-0.15, -0.1) is 0 Å². The number of alkyl halides is 2. The van der Waals surface area contributed by atoms with E-state index in [2.05, 4.69) is 9.97 Å². The largest absolute Gasteiger partial charge is 0.478 e. The van der Waals surface area contributed by atoms with Crippen molar-refractivity contribution in [1.82, 2.24) is 19.4 Å². The van der Waals surface area contributed by atoms with Crippen molar-refractivity contribution in [2.24, 2.45) is 0 Å². The average Bonchev–Trinajstić information content (AvgIpc) is 3.10. The first-order valence-corrected chi connectivity index (χ1v) is 8.69. The highest BCUT2D eigenvalue weighted by Gasteiger charge is 2.35. The van der Waals surface area contributed by atoms with Crippen molar-refractivity contribution in [3.63, 3.8) is 0 Å². The van der Waals surface area contributed by atoms with Crippen molar-refractivity contribution in [3.05, 3.63) is 54.0 Å². The summed E-state index contributed by atoms with van der Waals surface area (Å²) < 4.78 is 28.1. The number of rotatable bonds is 3. The number of pyridine rings is 2. The van der Waals surface area contributed by atoms with E-state index in [1.165, 1.54) is 34.0 Å². The Labute approximate surface area is 158 Å². The summed E-state index contributed by atoms with van der Waals surface area (Å²) >= 11 is 0. The summed E-state index contributed by atoms with van der Waals surface area (Å²) in [4.78, 5) is 33.9. The zero-order valence-corrected chi connectivity index (χ0v) is 14.7. The summed E-state index contributed by atoms with van der Waals surface area (Å²) in [5.74, 6) is -3.96. The zero-order chi connectivity index (χ0) is 19.9. The molecule has 0 unspecified atom stereocenters. The monoisotopic (exact) mass is 386 g/mol. The molecule has 7 nitrogen and oxygen atoms in total. The number of piperidine rings is 1. The van der Waals surface area contributed by atoms with Crippen LogP contribution in [0.1, 0.15) is 33.6 Å². The first kappa shape index (κ1) is 18.0. The number of likely N-dealkylation sites (tertiary alicyclic amines) is 1. The van der Waals surface area contributed by atoms with Gasteiger partial charge in [0.25, 0.3) is 11.8 Å². The molecular formula is C19H16F2N4O3. The minimum atomic E-state index is -2.72. The smallest absolute Gasteiger partial charge is 0.339 e. The number of amides is 1. The van der Waals surface area contributed by atoms with Gasteiger partial charge in [0.15, 0.2) is 5.82 Å². The molecule has 3 aromatic rings. The van der Waals surface area contributed by atoms with E-state index in [1.54, 1.807) is 18.3 Å². The number of nitrogens with zero attached hydrogens (tertiary/aromatic N) is 4. The first-order valence-electron chi connectivity index (χ1n) is 8.69. The molecule has 144 valence electrons. The molecule has 0 aliphatic carbocycles. The molecule has 0 atom stereocenters. The Kier molecular flexibility index (Phi) is 4.29. The van der Waals surface area contributed by atoms with E-state index in [0.717, 1.165) is 0 Å². The van der Waals surface area contributed by atoms with Crippen molar-refractivity contribution in [1.29, 1.82) is 0 Å². The fraction of sp³-hybridized carbons (Fsp3) is 0.263. The molecular weight excluding hydrogens is 370 g/mol. The van der Waals surface area contributed by atoms with E-state index in [4.69, 9.17) is 0 Å². The van der Waals surface area contributed by atoms with Crippen LogP contribution < -0.4 is 0 Å². The van der Waals surface area contributed by atoms with Crippen LogP contribution in [0.15, 0.2) is 42.9 Å². The molecule has 1 aliphatic rings. The van der Waals surface area contributed by atoms with Crippen LogP contribution in [-0.2, 0) is 0 Å². The molecule has 1 fully saturated rings. The van der Waals surface area contributed by atoms with Gasteiger partial charge >= 0.3 is 5.97 Å². The van der Waals surface area contributed by atoms with Gasteiger partial charge in [-0.05, 0) is 24.3 Å². The Balaban J connectivity index is 1.66. The molecule has 0 bridgehead atoms. The molecule has 4 rings (SSSR count). The molecule has 0 spiro atoms. The molecule has 4 heterocycles. The molecule has 9 heteroatoms. The number of aromatic carboxylic acids is 1. The highest BCUT2D eigenvalue weighted by Crippen LogP contribution is 2.29. The van der Waals surface area contributed by atoms with Gasteiger partial charge in [-0.3, -0.25) is 9.36 Å². The van der Waals surface area contributed by atoms with Gasteiger partial charge in [0.05, 0.1) is 5.56 Å². The quantitative estimate of drug-likeness (QED) is 0.748. The number of hydrogen-bond donors (Lipinski definition) is 1. The van der Waals surface area contributed by atoms with E-state index >= 15 is 0 Å². The highest BCUT2D eigenvalue weighted by molar-refractivity contribution is 5.97. The van der Waals surface area contributed by atoms with E-state index in [0.29, 0.717) is 16.6 Å². The second-order valence-corrected chi connectivity index (χ2v) is 6.65. The second kappa shape index (κ2) is 6.66. The molecule has 1 saturated heterocycles. The number of hydrogen-bond acceptors (Lipinski definition) is 4. The fourth-order valence-corrected chi connectivity index (χ4v) is 3.29. The predicted octanol–water partition coefficient (Wildman–Crippen LogP) is 2.99. The molecule has 0 saturated carbocycles. The summed E-state index contributed by atoms with van der Waals surface area (Å²) in [5, 5.41) is 9.98. The number of carboxylic acid groups (broad SMARTS) is 1. The van der Waals surface area contributed by atoms with Gasteiger partial charge < -0.3 is 10.0 Å². The third kappa shape index (κ3) is 3.19. The normalized spacial score (nSPS) is 16.3. The summed E-state index contributed by atoms with van der Waals surface area (Å²) in [6.45, 7) is 0.00157. The van der Waals surface area contributed by atoms with Gasteiger partial charge in [0.2, 0.25) is 0 Å². The van der Waals surface area contributed by atoms with Gasteiger partial charge in [0.1, 0.15) is 11.2 Å². The van der Waals surface area contributed by atoms with E-state index < -0.39 is 11.9 Å². The second-order valence-electron chi connectivity index (χ2n) is 6.65. The maximum atomic E-state index is 13.3. The fourth-order valence-electron chi connectivity index (χ4n) is 3.29. The van der Waals surface area contributed by atoms with Gasteiger partial charge in [-0.1, -0.05) is 0 Å². The van der Waals surface area contributed by atoms with Crippen molar-refractivity contribution in [2.45, 2.75) is 18.8 Å². The van der Waals surface area contributed by atoms with Crippen LogP contribution in [0.5, 0.6) is 0 Å². The van der Waals surface area contributed by atoms with E-state index in [1.807, 2.05) is 0 Å². The summed E-state index contributed by atoms with van der Waals surface area (Å²) in [6.07, 6.45) is 3.79. The van der Waals surface area contributed by atoms with Gasteiger partial charge in [0, 0.05) is 49.9 Å². The summed E-state index contributed by atoms with van der Waals surface area (Å²) in [7, 11) is 0. The Hall–Kier alpha value is -3.36. The molecule has 3 aromatic heterocycles.